The molecule has 1 unspecified atom stereocenters. The molecule has 1 saturated heterocycles. The molecule has 1 aliphatic heterocycles. The molecule has 0 spiro atoms. The number of hydrogen-bond acceptors (Lipinski definition) is 3. The van der Waals surface area contributed by atoms with Crippen molar-refractivity contribution in [2.45, 2.75) is 18.2 Å². The molecule has 0 amide bonds. The maximum absolute atomic E-state index is 6.15. The summed E-state index contributed by atoms with van der Waals surface area (Å²) in [6.07, 6.45) is 3.37. The van der Waals surface area contributed by atoms with Gasteiger partial charge in [0.05, 0.1) is 0 Å². The first-order valence-electron chi connectivity index (χ1n) is 5.41. The molecule has 4 heteroatoms. The Morgan fingerprint density at radius 1 is 1.56 bits per heavy atom. The fourth-order valence-corrected chi connectivity index (χ4v) is 3.78. The van der Waals surface area contributed by atoms with Gasteiger partial charge in [0, 0.05) is 28.3 Å². The van der Waals surface area contributed by atoms with Crippen molar-refractivity contribution in [3.05, 3.63) is 28.8 Å². The maximum atomic E-state index is 6.15. The number of nitrogens with one attached hydrogen (secondary N) is 1. The Hall–Kier alpha value is 0.01000. The molecule has 0 bridgehead atoms. The smallest absolute Gasteiger partial charge is 0.0447 e. The van der Waals surface area contributed by atoms with Crippen molar-refractivity contribution in [3.63, 3.8) is 0 Å². The summed E-state index contributed by atoms with van der Waals surface area (Å²) in [4.78, 5) is 0. The zero-order valence-corrected chi connectivity index (χ0v) is 11.7. The molecular formula is C12H16ClNS2. The number of halogens is 1. The second-order valence-corrected chi connectivity index (χ2v) is 6.37. The Labute approximate surface area is 111 Å². The van der Waals surface area contributed by atoms with Crippen LogP contribution in [0.4, 0.5) is 5.69 Å². The lowest BCUT2D eigenvalue weighted by molar-refractivity contribution is 0.813. The van der Waals surface area contributed by atoms with Crippen molar-refractivity contribution < 1.29 is 0 Å². The third-order valence-corrected chi connectivity index (χ3v) is 4.78. The lowest BCUT2D eigenvalue weighted by Gasteiger charge is -2.14. The Bertz CT molecular complexity index is 351. The van der Waals surface area contributed by atoms with Crippen LogP contribution in [-0.4, -0.2) is 23.8 Å². The van der Waals surface area contributed by atoms with Gasteiger partial charge in [-0.3, -0.25) is 0 Å². The molecular weight excluding hydrogens is 258 g/mol. The van der Waals surface area contributed by atoms with Gasteiger partial charge in [0.1, 0.15) is 0 Å². The van der Waals surface area contributed by atoms with Gasteiger partial charge in [0.25, 0.3) is 0 Å². The molecule has 0 saturated carbocycles. The van der Waals surface area contributed by atoms with Crippen LogP contribution >= 0.6 is 35.1 Å². The van der Waals surface area contributed by atoms with E-state index in [9.17, 15) is 0 Å². The normalized spacial score (nSPS) is 20.0. The van der Waals surface area contributed by atoms with Crippen molar-refractivity contribution in [1.29, 1.82) is 0 Å². The molecule has 1 aromatic carbocycles. The van der Waals surface area contributed by atoms with E-state index in [-0.39, 0.29) is 0 Å². The maximum Gasteiger partial charge on any atom is 0.0447 e. The van der Waals surface area contributed by atoms with Crippen LogP contribution < -0.4 is 5.32 Å². The number of hydrogen-bond donors (Lipinski definition) is 1. The summed E-state index contributed by atoms with van der Waals surface area (Å²) in [6, 6.07) is 6.89. The fourth-order valence-electron chi connectivity index (χ4n) is 1.81. The van der Waals surface area contributed by atoms with Gasteiger partial charge in [-0.25, -0.2) is 0 Å². The molecule has 88 valence electrons. The fraction of sp³-hybridized carbons (Fsp3) is 0.500. The van der Waals surface area contributed by atoms with E-state index in [1.54, 1.807) is 11.8 Å². The molecule has 1 nitrogen and oxygen atoms in total. The van der Waals surface area contributed by atoms with E-state index in [4.69, 9.17) is 11.6 Å². The summed E-state index contributed by atoms with van der Waals surface area (Å²) in [6.45, 7) is 0. The van der Waals surface area contributed by atoms with Crippen LogP contribution in [0.5, 0.6) is 0 Å². The summed E-state index contributed by atoms with van der Waals surface area (Å²) >= 11 is 9.98. The van der Waals surface area contributed by atoms with Crippen LogP contribution in [0.25, 0.3) is 0 Å². The van der Waals surface area contributed by atoms with Crippen molar-refractivity contribution in [2.75, 3.05) is 23.1 Å². The van der Waals surface area contributed by atoms with Crippen LogP contribution in [0.15, 0.2) is 18.2 Å². The molecule has 1 N–H and O–H groups in total. The van der Waals surface area contributed by atoms with Crippen molar-refractivity contribution >= 4 is 40.8 Å². The summed E-state index contributed by atoms with van der Waals surface area (Å²) in [5.74, 6) is 3.48. The molecule has 0 radical (unpaired) electrons. The van der Waals surface area contributed by atoms with Crippen LogP contribution in [0, 0.1) is 0 Å². The van der Waals surface area contributed by atoms with Crippen LogP contribution in [0.2, 0.25) is 5.02 Å². The summed E-state index contributed by atoms with van der Waals surface area (Å²) in [7, 11) is 0. The van der Waals surface area contributed by atoms with Gasteiger partial charge in [-0.2, -0.15) is 23.5 Å². The van der Waals surface area contributed by atoms with Gasteiger partial charge in [-0.15, -0.1) is 0 Å². The molecule has 1 fully saturated rings. The summed E-state index contributed by atoms with van der Waals surface area (Å²) in [5.41, 5.74) is 2.44. The van der Waals surface area contributed by atoms with Gasteiger partial charge in [0.15, 0.2) is 0 Å². The number of anilines is 1. The van der Waals surface area contributed by atoms with E-state index < -0.39 is 0 Å². The predicted molar refractivity (Wildman–Crippen MR) is 78.0 cm³/mol. The van der Waals surface area contributed by atoms with E-state index >= 15 is 0 Å². The molecule has 16 heavy (non-hydrogen) atoms. The first-order chi connectivity index (χ1) is 7.79. The topological polar surface area (TPSA) is 12.0 Å². The van der Waals surface area contributed by atoms with Crippen molar-refractivity contribution in [2.24, 2.45) is 0 Å². The molecule has 1 aromatic rings. The molecule has 0 aromatic heterocycles. The van der Waals surface area contributed by atoms with Gasteiger partial charge < -0.3 is 5.32 Å². The van der Waals surface area contributed by atoms with Gasteiger partial charge in [0.2, 0.25) is 0 Å². The van der Waals surface area contributed by atoms with Crippen LogP contribution in [-0.2, 0) is 5.75 Å². The lowest BCUT2D eigenvalue weighted by Crippen LogP contribution is -2.18. The Morgan fingerprint density at radius 2 is 2.44 bits per heavy atom. The monoisotopic (exact) mass is 273 g/mol. The second-order valence-electron chi connectivity index (χ2n) is 3.94. The third-order valence-electron chi connectivity index (χ3n) is 2.65. The first-order valence-corrected chi connectivity index (χ1v) is 8.34. The SMILES string of the molecule is CSCc1cc(NC2CCSC2)ccc1Cl. The summed E-state index contributed by atoms with van der Waals surface area (Å²) in [5, 5.41) is 4.45. The average molecular weight is 274 g/mol. The van der Waals surface area contributed by atoms with Crippen LogP contribution in [0.3, 0.4) is 0 Å². The van der Waals surface area contributed by atoms with Crippen molar-refractivity contribution in [1.82, 2.24) is 0 Å². The van der Waals surface area contributed by atoms with Gasteiger partial charge in [-0.05, 0) is 42.2 Å². The highest BCUT2D eigenvalue weighted by atomic mass is 35.5. The van der Waals surface area contributed by atoms with Crippen molar-refractivity contribution in [3.8, 4) is 0 Å². The minimum absolute atomic E-state index is 0.633. The standard InChI is InChI=1S/C12H16ClNS2/c1-15-7-9-6-10(2-3-12(9)13)14-11-4-5-16-8-11/h2-3,6,11,14H,4-5,7-8H2,1H3. The number of benzene rings is 1. The average Bonchev–Trinajstić information content (AvgIpc) is 2.76. The Morgan fingerprint density at radius 3 is 3.12 bits per heavy atom. The molecule has 2 rings (SSSR count). The molecule has 1 aliphatic rings. The van der Waals surface area contributed by atoms with Gasteiger partial charge in [-0.1, -0.05) is 11.6 Å². The van der Waals surface area contributed by atoms with E-state index in [1.807, 2.05) is 17.8 Å². The highest BCUT2D eigenvalue weighted by molar-refractivity contribution is 7.99. The number of rotatable bonds is 4. The Balaban J connectivity index is 2.05. The third kappa shape index (κ3) is 3.25. The Kier molecular flexibility index (Phi) is 4.74. The van der Waals surface area contributed by atoms with Gasteiger partial charge >= 0.3 is 0 Å². The van der Waals surface area contributed by atoms with E-state index in [0.29, 0.717) is 6.04 Å². The lowest BCUT2D eigenvalue weighted by atomic mass is 10.2. The molecule has 0 aliphatic carbocycles. The highest BCUT2D eigenvalue weighted by Crippen LogP contribution is 2.26. The zero-order valence-electron chi connectivity index (χ0n) is 9.33. The first kappa shape index (κ1) is 12.5. The second kappa shape index (κ2) is 6.08. The highest BCUT2D eigenvalue weighted by Gasteiger charge is 2.15. The quantitative estimate of drug-likeness (QED) is 0.886. The summed E-state index contributed by atoms with van der Waals surface area (Å²) < 4.78 is 0. The predicted octanol–water partition coefficient (Wildman–Crippen LogP) is 4.12. The zero-order chi connectivity index (χ0) is 11.4. The number of thioether (sulfide) groups is 2. The van der Waals surface area contributed by atoms with E-state index in [1.165, 1.54) is 29.2 Å². The largest absolute Gasteiger partial charge is 0.381 e. The molecule has 1 atom stereocenters. The molecule has 1 heterocycles. The van der Waals surface area contributed by atoms with Crippen LogP contribution in [0.1, 0.15) is 12.0 Å². The minimum atomic E-state index is 0.633. The van der Waals surface area contributed by atoms with E-state index in [0.717, 1.165) is 10.8 Å². The minimum Gasteiger partial charge on any atom is -0.381 e. The van der Waals surface area contributed by atoms with E-state index in [2.05, 4.69) is 23.7 Å².